The van der Waals surface area contributed by atoms with Crippen molar-refractivity contribution in [1.29, 1.82) is 0 Å². The van der Waals surface area contributed by atoms with Crippen LogP contribution in [0, 0.1) is 0 Å². The van der Waals surface area contributed by atoms with Crippen LogP contribution in [-0.4, -0.2) is 31.5 Å². The highest BCUT2D eigenvalue weighted by atomic mass is 79.9. The van der Waals surface area contributed by atoms with E-state index in [1.54, 1.807) is 0 Å². The molecule has 2 aromatic rings. The van der Waals surface area contributed by atoms with Crippen LogP contribution in [0.3, 0.4) is 0 Å². The maximum Gasteiger partial charge on any atom is 0.416 e. The van der Waals surface area contributed by atoms with Crippen molar-refractivity contribution < 1.29 is 9.53 Å². The van der Waals surface area contributed by atoms with Gasteiger partial charge in [0.25, 0.3) is 0 Å². The first-order chi connectivity index (χ1) is 14.3. The van der Waals surface area contributed by atoms with Gasteiger partial charge < -0.3 is 15.0 Å². The van der Waals surface area contributed by atoms with Gasteiger partial charge in [-0.2, -0.15) is 0 Å². The van der Waals surface area contributed by atoms with Crippen LogP contribution < -0.4 is 15.1 Å². The number of rotatable bonds is 0. The fourth-order valence-corrected chi connectivity index (χ4v) is 6.05. The Morgan fingerprint density at radius 3 is 2.67 bits per heavy atom. The topological polar surface area (TPSA) is 44.8 Å². The number of hydrogen-bond donors (Lipinski definition) is 1. The third kappa shape index (κ3) is 2.56. The van der Waals surface area contributed by atoms with E-state index in [1.165, 1.54) is 11.1 Å². The summed E-state index contributed by atoms with van der Waals surface area (Å²) in [6.07, 6.45) is 2.51. The Morgan fingerprint density at radius 1 is 1.17 bits per heavy atom. The molecule has 156 valence electrons. The first kappa shape index (κ1) is 19.5. The number of ether oxygens (including phenoxy) is 1. The number of nitrogens with one attached hydrogen (secondary N) is 1. The van der Waals surface area contributed by atoms with Crippen LogP contribution in [0.15, 0.2) is 53.1 Å². The second-order valence-electron chi connectivity index (χ2n) is 9.22. The fourth-order valence-electron chi connectivity index (χ4n) is 5.34. The van der Waals surface area contributed by atoms with Crippen LogP contribution >= 0.6 is 15.9 Å². The van der Waals surface area contributed by atoms with Gasteiger partial charge in [-0.15, -0.1) is 0 Å². The van der Waals surface area contributed by atoms with E-state index in [1.807, 2.05) is 43.9 Å². The van der Waals surface area contributed by atoms with Crippen molar-refractivity contribution in [2.24, 2.45) is 0 Å². The lowest BCUT2D eigenvalue weighted by molar-refractivity contribution is 0.0552. The van der Waals surface area contributed by atoms with E-state index in [4.69, 9.17) is 4.74 Å². The highest BCUT2D eigenvalue weighted by molar-refractivity contribution is 9.10. The Hall–Kier alpha value is -2.47. The largest absolute Gasteiger partial charge is 0.443 e. The lowest BCUT2D eigenvalue weighted by Gasteiger charge is -2.51. The molecular weight excluding hydrogens is 442 g/mol. The van der Waals surface area contributed by atoms with E-state index >= 15 is 0 Å². The van der Waals surface area contributed by atoms with Gasteiger partial charge in [0.15, 0.2) is 0 Å². The molecule has 0 bridgehead atoms. The molecule has 0 saturated heterocycles. The molecule has 2 aromatic carbocycles. The molecule has 0 saturated carbocycles. The molecule has 0 fully saturated rings. The molecule has 3 aliphatic heterocycles. The summed E-state index contributed by atoms with van der Waals surface area (Å²) in [6.45, 7) is 6.58. The second kappa shape index (κ2) is 6.51. The number of nitrogens with zero attached hydrogens (tertiary/aromatic N) is 2. The summed E-state index contributed by atoms with van der Waals surface area (Å²) in [5.41, 5.74) is 4.65. The minimum Gasteiger partial charge on any atom is -0.443 e. The molecule has 3 heterocycles. The van der Waals surface area contributed by atoms with Crippen LogP contribution in [0.5, 0.6) is 0 Å². The number of para-hydroxylation sites is 1. The first-order valence-corrected chi connectivity index (χ1v) is 11.1. The molecule has 0 radical (unpaired) electrons. The number of likely N-dealkylation sites (N-methyl/N-ethyl adjacent to an activating group) is 1. The minimum absolute atomic E-state index is 0.204. The number of fused-ring (bicyclic) bond motifs is 3. The zero-order valence-corrected chi connectivity index (χ0v) is 19.3. The summed E-state index contributed by atoms with van der Waals surface area (Å²) in [7, 11) is 2.08. The maximum atomic E-state index is 13.6. The third-order valence-electron chi connectivity index (χ3n) is 6.30. The maximum absolute atomic E-state index is 13.6. The van der Waals surface area contributed by atoms with Gasteiger partial charge in [0.05, 0.1) is 11.1 Å². The van der Waals surface area contributed by atoms with Crippen LogP contribution in [-0.2, 0) is 10.2 Å². The van der Waals surface area contributed by atoms with E-state index < -0.39 is 5.60 Å². The van der Waals surface area contributed by atoms with Crippen molar-refractivity contribution >= 4 is 39.0 Å². The number of anilines is 2. The van der Waals surface area contributed by atoms with E-state index in [2.05, 4.69) is 63.7 Å². The highest BCUT2D eigenvalue weighted by Gasteiger charge is 2.61. The lowest BCUT2D eigenvalue weighted by atomic mass is 9.65. The molecule has 5 rings (SSSR count). The van der Waals surface area contributed by atoms with Gasteiger partial charge in [-0.3, -0.25) is 4.90 Å². The minimum atomic E-state index is -0.575. The number of carbonyl (C=O) groups is 1. The number of benzene rings is 2. The lowest BCUT2D eigenvalue weighted by Crippen LogP contribution is -2.62. The van der Waals surface area contributed by atoms with Gasteiger partial charge in [0, 0.05) is 41.1 Å². The van der Waals surface area contributed by atoms with Gasteiger partial charge in [-0.1, -0.05) is 40.2 Å². The van der Waals surface area contributed by atoms with Crippen LogP contribution in [0.1, 0.15) is 38.3 Å². The van der Waals surface area contributed by atoms with Crippen LogP contribution in [0.25, 0.3) is 5.57 Å². The van der Waals surface area contributed by atoms with Crippen molar-refractivity contribution in [3.05, 3.63) is 64.3 Å². The molecule has 0 unspecified atom stereocenters. The molecule has 6 heteroatoms. The second-order valence-corrected chi connectivity index (χ2v) is 10.1. The fraction of sp³-hybridized carbons (Fsp3) is 0.375. The van der Waals surface area contributed by atoms with Crippen molar-refractivity contribution in [3.63, 3.8) is 0 Å². The normalized spacial score (nSPS) is 24.2. The Balaban J connectivity index is 1.81. The van der Waals surface area contributed by atoms with Gasteiger partial charge in [0.2, 0.25) is 0 Å². The van der Waals surface area contributed by atoms with Crippen LogP contribution in [0.4, 0.5) is 16.2 Å². The smallest absolute Gasteiger partial charge is 0.416 e. The zero-order valence-electron chi connectivity index (χ0n) is 17.7. The average Bonchev–Trinajstić information content (AvgIpc) is 2.94. The first-order valence-electron chi connectivity index (χ1n) is 10.3. The Morgan fingerprint density at radius 2 is 1.90 bits per heavy atom. The van der Waals surface area contributed by atoms with Crippen LogP contribution in [0.2, 0.25) is 0 Å². The van der Waals surface area contributed by atoms with Gasteiger partial charge in [0.1, 0.15) is 11.8 Å². The van der Waals surface area contributed by atoms with E-state index in [0.29, 0.717) is 0 Å². The molecule has 30 heavy (non-hydrogen) atoms. The SMILES string of the molecule is CN1c2cccc(Br)c2[C@]23CCNC=C2c2ccccc2N(C(=O)OC(C)(C)C)[C@H]13. The molecule has 1 amide bonds. The third-order valence-corrected chi connectivity index (χ3v) is 6.97. The van der Waals surface area contributed by atoms with E-state index in [9.17, 15) is 4.79 Å². The van der Waals surface area contributed by atoms with Crippen molar-refractivity contribution in [2.75, 3.05) is 23.4 Å². The summed E-state index contributed by atoms with van der Waals surface area (Å²) in [4.78, 5) is 17.7. The number of halogens is 1. The van der Waals surface area contributed by atoms with E-state index in [0.717, 1.165) is 34.4 Å². The number of hydrogen-bond acceptors (Lipinski definition) is 4. The number of amides is 1. The van der Waals surface area contributed by atoms with E-state index in [-0.39, 0.29) is 17.7 Å². The molecule has 1 spiro atoms. The predicted octanol–water partition coefficient (Wildman–Crippen LogP) is 5.25. The highest BCUT2D eigenvalue weighted by Crippen LogP contribution is 2.61. The van der Waals surface area contributed by atoms with Crippen molar-refractivity contribution in [3.8, 4) is 0 Å². The standard InChI is InChI=1S/C24H26BrN3O2/c1-23(2,3)30-22(29)28-18-10-6-5-8-15(18)16-14-26-13-12-24(16)20-17(25)9-7-11-19(20)27(4)21(24)28/h5-11,14,21,26H,12-13H2,1-4H3/t21-,24-/m0/s1. The average molecular weight is 468 g/mol. The summed E-state index contributed by atoms with van der Waals surface area (Å²) in [5, 5.41) is 3.45. The molecular formula is C24H26BrN3O2. The summed E-state index contributed by atoms with van der Waals surface area (Å²) >= 11 is 3.83. The molecule has 1 N–H and O–H groups in total. The molecule has 2 atom stereocenters. The number of carbonyl (C=O) groups excluding carboxylic acids is 1. The Kier molecular flexibility index (Phi) is 4.23. The van der Waals surface area contributed by atoms with Crippen molar-refractivity contribution in [2.45, 2.75) is 44.4 Å². The monoisotopic (exact) mass is 467 g/mol. The summed E-state index contributed by atoms with van der Waals surface area (Å²) in [6, 6.07) is 14.4. The quantitative estimate of drug-likeness (QED) is 0.574. The van der Waals surface area contributed by atoms with Crippen molar-refractivity contribution in [1.82, 2.24) is 5.32 Å². The molecule has 5 nitrogen and oxygen atoms in total. The Bertz CT molecular complexity index is 1070. The van der Waals surface area contributed by atoms with Gasteiger partial charge in [-0.25, -0.2) is 4.79 Å². The molecule has 0 aromatic heterocycles. The molecule has 3 aliphatic rings. The summed E-state index contributed by atoms with van der Waals surface area (Å²) < 4.78 is 6.98. The van der Waals surface area contributed by atoms with Gasteiger partial charge >= 0.3 is 6.09 Å². The molecule has 0 aliphatic carbocycles. The van der Waals surface area contributed by atoms with Gasteiger partial charge in [-0.05, 0) is 51.0 Å². The zero-order chi connectivity index (χ0) is 21.3. The Labute approximate surface area is 185 Å². The predicted molar refractivity (Wildman–Crippen MR) is 124 cm³/mol. The summed E-state index contributed by atoms with van der Waals surface area (Å²) in [5.74, 6) is 0.